The molecule has 1 amide bonds. The Hall–Kier alpha value is -2.80. The van der Waals surface area contributed by atoms with Crippen LogP contribution in [-0.4, -0.2) is 21.0 Å². The summed E-state index contributed by atoms with van der Waals surface area (Å²) >= 11 is 5.11. The number of fused-ring (bicyclic) bond motifs is 1. The van der Waals surface area contributed by atoms with Gasteiger partial charge in [-0.15, -0.1) is 0 Å². The van der Waals surface area contributed by atoms with Crippen molar-refractivity contribution < 1.29 is 9.21 Å². The normalized spacial score (nSPS) is 10.5. The van der Waals surface area contributed by atoms with Gasteiger partial charge in [0.2, 0.25) is 11.8 Å². The van der Waals surface area contributed by atoms with Crippen molar-refractivity contribution in [2.45, 2.75) is 19.8 Å². The Balaban J connectivity index is 1.69. The summed E-state index contributed by atoms with van der Waals surface area (Å²) < 4.78 is 5.68. The number of rotatable bonds is 4. The molecule has 0 radical (unpaired) electrons. The van der Waals surface area contributed by atoms with Crippen molar-refractivity contribution in [3.63, 3.8) is 0 Å². The van der Waals surface area contributed by atoms with Gasteiger partial charge >= 0.3 is 0 Å². The molecule has 0 aliphatic carbocycles. The summed E-state index contributed by atoms with van der Waals surface area (Å²) in [5.74, 6) is 0.416. The van der Waals surface area contributed by atoms with Crippen molar-refractivity contribution in [2.75, 3.05) is 5.32 Å². The summed E-state index contributed by atoms with van der Waals surface area (Å²) in [4.78, 5) is 20.0. The summed E-state index contributed by atoms with van der Waals surface area (Å²) in [6.07, 6.45) is 2.91. The number of anilines is 1. The predicted molar refractivity (Wildman–Crippen MR) is 96.5 cm³/mol. The summed E-state index contributed by atoms with van der Waals surface area (Å²) in [6, 6.07) is 11.0. The lowest BCUT2D eigenvalue weighted by Gasteiger charge is -2.09. The monoisotopic (exact) mass is 340 g/mol. The molecule has 0 saturated carbocycles. The van der Waals surface area contributed by atoms with Gasteiger partial charge in [0.15, 0.2) is 16.3 Å². The smallest absolute Gasteiger partial charge is 0.228 e. The van der Waals surface area contributed by atoms with Gasteiger partial charge in [0.1, 0.15) is 0 Å². The van der Waals surface area contributed by atoms with Crippen molar-refractivity contribution in [3.05, 3.63) is 42.6 Å². The molecule has 0 atom stereocenters. The number of aromatic nitrogens is 2. The number of nitrogens with zero attached hydrogens (tertiary/aromatic N) is 2. The fraction of sp³-hybridized carbons (Fsp3) is 0.176. The first-order chi connectivity index (χ1) is 11.7. The molecule has 0 aliphatic heterocycles. The van der Waals surface area contributed by atoms with E-state index >= 15 is 0 Å². The van der Waals surface area contributed by atoms with Gasteiger partial charge in [-0.2, -0.15) is 4.98 Å². The molecule has 122 valence electrons. The van der Waals surface area contributed by atoms with E-state index in [1.165, 1.54) is 0 Å². The first kappa shape index (κ1) is 16.1. The molecule has 3 rings (SSSR count). The van der Waals surface area contributed by atoms with Crippen molar-refractivity contribution >= 4 is 40.2 Å². The predicted octanol–water partition coefficient (Wildman–Crippen LogP) is 3.50. The van der Waals surface area contributed by atoms with Crippen LogP contribution in [0.3, 0.4) is 0 Å². The number of thiocarbonyl (C=S) groups is 1. The van der Waals surface area contributed by atoms with Crippen LogP contribution < -0.4 is 10.6 Å². The van der Waals surface area contributed by atoms with Crippen LogP contribution in [0.5, 0.6) is 0 Å². The molecule has 2 aromatic heterocycles. The number of oxazole rings is 1. The topological polar surface area (TPSA) is 80.0 Å². The Kier molecular flexibility index (Phi) is 4.81. The minimum atomic E-state index is -0.0920. The third-order valence-corrected chi connectivity index (χ3v) is 3.49. The van der Waals surface area contributed by atoms with E-state index in [9.17, 15) is 4.79 Å². The number of hydrogen-bond acceptors (Lipinski definition) is 5. The van der Waals surface area contributed by atoms with E-state index < -0.39 is 0 Å². The van der Waals surface area contributed by atoms with Crippen LogP contribution in [0.4, 0.5) is 5.69 Å². The van der Waals surface area contributed by atoms with Gasteiger partial charge < -0.3 is 15.1 Å². The highest BCUT2D eigenvalue weighted by atomic mass is 32.1. The lowest BCUT2D eigenvalue weighted by molar-refractivity contribution is -0.119. The Morgan fingerprint density at radius 1 is 1.25 bits per heavy atom. The van der Waals surface area contributed by atoms with E-state index in [-0.39, 0.29) is 11.0 Å². The maximum Gasteiger partial charge on any atom is 0.228 e. The lowest BCUT2D eigenvalue weighted by atomic mass is 10.2. The SMILES string of the molecule is CCCC(=O)NC(=S)Nc1ccc(-c2nc3ncccc3o2)cc1. The molecule has 2 heterocycles. The van der Waals surface area contributed by atoms with Crippen LogP contribution in [-0.2, 0) is 4.79 Å². The molecule has 0 bridgehead atoms. The van der Waals surface area contributed by atoms with Crippen LogP contribution in [0.15, 0.2) is 47.0 Å². The summed E-state index contributed by atoms with van der Waals surface area (Å²) in [5, 5.41) is 5.89. The summed E-state index contributed by atoms with van der Waals surface area (Å²) in [5.41, 5.74) is 2.83. The van der Waals surface area contributed by atoms with Crippen molar-refractivity contribution in [3.8, 4) is 11.5 Å². The second-order valence-corrected chi connectivity index (χ2v) is 5.58. The third-order valence-electron chi connectivity index (χ3n) is 3.28. The molecule has 24 heavy (non-hydrogen) atoms. The van der Waals surface area contributed by atoms with Crippen molar-refractivity contribution in [2.24, 2.45) is 0 Å². The first-order valence-corrected chi connectivity index (χ1v) is 7.99. The van der Waals surface area contributed by atoms with Gasteiger partial charge in [-0.1, -0.05) is 6.92 Å². The summed E-state index contributed by atoms with van der Waals surface area (Å²) in [7, 11) is 0. The Morgan fingerprint density at radius 3 is 2.75 bits per heavy atom. The van der Waals surface area contributed by atoms with Gasteiger partial charge in [-0.3, -0.25) is 4.79 Å². The number of carbonyl (C=O) groups excluding carboxylic acids is 1. The quantitative estimate of drug-likeness (QED) is 0.708. The van der Waals surface area contributed by atoms with Crippen LogP contribution in [0.1, 0.15) is 19.8 Å². The molecule has 0 aliphatic rings. The van der Waals surface area contributed by atoms with Gasteiger partial charge in [0.05, 0.1) is 0 Å². The fourth-order valence-corrected chi connectivity index (χ4v) is 2.40. The van der Waals surface area contributed by atoms with E-state index in [0.717, 1.165) is 17.7 Å². The Labute approximate surface area is 144 Å². The molecule has 6 nitrogen and oxygen atoms in total. The van der Waals surface area contributed by atoms with Crippen LogP contribution >= 0.6 is 12.2 Å². The zero-order valence-corrected chi connectivity index (χ0v) is 13.9. The average Bonchev–Trinajstić information content (AvgIpc) is 2.99. The number of hydrogen-bond donors (Lipinski definition) is 2. The molecule has 0 unspecified atom stereocenters. The molecule has 3 aromatic rings. The van der Waals surface area contributed by atoms with Gasteiger partial charge in [-0.25, -0.2) is 4.98 Å². The minimum Gasteiger partial charge on any atom is -0.434 e. The lowest BCUT2D eigenvalue weighted by Crippen LogP contribution is -2.33. The van der Waals surface area contributed by atoms with Crippen molar-refractivity contribution in [1.82, 2.24) is 15.3 Å². The molecule has 0 saturated heterocycles. The molecule has 7 heteroatoms. The van der Waals surface area contributed by atoms with E-state index in [2.05, 4.69) is 20.6 Å². The molecule has 1 aromatic carbocycles. The highest BCUT2D eigenvalue weighted by molar-refractivity contribution is 7.80. The van der Waals surface area contributed by atoms with Gasteiger partial charge in [0, 0.05) is 23.9 Å². The maximum absolute atomic E-state index is 11.5. The number of nitrogens with one attached hydrogen (secondary N) is 2. The third kappa shape index (κ3) is 3.75. The number of amides is 1. The van der Waals surface area contributed by atoms with Crippen molar-refractivity contribution in [1.29, 1.82) is 0 Å². The van der Waals surface area contributed by atoms with E-state index in [0.29, 0.717) is 23.5 Å². The highest BCUT2D eigenvalue weighted by Crippen LogP contribution is 2.24. The molecule has 0 fully saturated rings. The molecule has 2 N–H and O–H groups in total. The first-order valence-electron chi connectivity index (χ1n) is 7.58. The Morgan fingerprint density at radius 2 is 2.04 bits per heavy atom. The molecule has 0 spiro atoms. The number of pyridine rings is 1. The van der Waals surface area contributed by atoms with Crippen LogP contribution in [0.25, 0.3) is 22.7 Å². The zero-order valence-electron chi connectivity index (χ0n) is 13.1. The standard InChI is InChI=1S/C17H16N4O2S/c1-2-4-14(22)20-17(24)19-12-8-6-11(7-9-12)16-21-15-13(23-16)5-3-10-18-15/h3,5-10H,2,4H2,1H3,(H2,19,20,22,24). The van der Waals surface area contributed by atoms with Crippen LogP contribution in [0, 0.1) is 0 Å². The van der Waals surface area contributed by atoms with Gasteiger partial charge in [0.25, 0.3) is 0 Å². The minimum absolute atomic E-state index is 0.0920. The number of carbonyl (C=O) groups is 1. The van der Waals surface area contributed by atoms with Crippen LogP contribution in [0.2, 0.25) is 0 Å². The largest absolute Gasteiger partial charge is 0.434 e. The van der Waals surface area contributed by atoms with Gasteiger partial charge in [-0.05, 0) is 55.0 Å². The highest BCUT2D eigenvalue weighted by Gasteiger charge is 2.09. The van der Waals surface area contributed by atoms with E-state index in [1.807, 2.05) is 37.3 Å². The fourth-order valence-electron chi connectivity index (χ4n) is 2.17. The summed E-state index contributed by atoms with van der Waals surface area (Å²) in [6.45, 7) is 1.94. The molecular formula is C17H16N4O2S. The van der Waals surface area contributed by atoms with E-state index in [4.69, 9.17) is 16.6 Å². The number of benzene rings is 1. The second-order valence-electron chi connectivity index (χ2n) is 5.17. The van der Waals surface area contributed by atoms with E-state index in [1.54, 1.807) is 12.3 Å². The zero-order chi connectivity index (χ0) is 16.9. The Bertz CT molecular complexity index is 841. The average molecular weight is 340 g/mol. The molecular weight excluding hydrogens is 324 g/mol. The maximum atomic E-state index is 11.5. The second kappa shape index (κ2) is 7.18.